The predicted octanol–water partition coefficient (Wildman–Crippen LogP) is 7.31. The summed E-state index contributed by atoms with van der Waals surface area (Å²) in [6.45, 7) is 15.0. The molecule has 0 saturated carbocycles. The van der Waals surface area contributed by atoms with Crippen LogP contribution in [-0.2, 0) is 23.3 Å². The van der Waals surface area contributed by atoms with Gasteiger partial charge in [-0.2, -0.15) is 0 Å². The second kappa shape index (κ2) is 10.9. The lowest BCUT2D eigenvalue weighted by Crippen LogP contribution is -2.48. The van der Waals surface area contributed by atoms with Crippen LogP contribution in [0.25, 0.3) is 6.08 Å². The summed E-state index contributed by atoms with van der Waals surface area (Å²) in [6, 6.07) is 11.4. The van der Waals surface area contributed by atoms with Crippen LogP contribution in [0.5, 0.6) is 0 Å². The number of aryl methyl sites for hydroxylation is 3. The van der Waals surface area contributed by atoms with E-state index in [0.29, 0.717) is 6.42 Å². The number of nitrogens with one attached hydrogen (secondary N) is 1. The van der Waals surface area contributed by atoms with Crippen molar-refractivity contribution in [1.29, 1.82) is 0 Å². The quantitative estimate of drug-likeness (QED) is 0.444. The molecule has 0 aromatic heterocycles. The Labute approximate surface area is 201 Å². The van der Waals surface area contributed by atoms with E-state index in [1.807, 2.05) is 6.92 Å². The number of aliphatic hydroxyl groups is 1. The van der Waals surface area contributed by atoms with Gasteiger partial charge in [-0.15, -0.1) is 0 Å². The third kappa shape index (κ3) is 5.70. The summed E-state index contributed by atoms with van der Waals surface area (Å²) in [5.74, 6) is 0.217. The van der Waals surface area contributed by atoms with Crippen LogP contribution in [-0.4, -0.2) is 17.3 Å². The molecule has 0 aliphatic carbocycles. The molecular weight excluding hydrogens is 406 g/mol. The van der Waals surface area contributed by atoms with Crippen molar-refractivity contribution in [1.82, 2.24) is 0 Å². The average molecular weight is 450 g/mol. The van der Waals surface area contributed by atoms with Crippen molar-refractivity contribution in [2.24, 2.45) is 5.92 Å². The number of ether oxygens (including phenoxy) is 1. The SMILES string of the molecule is CCCc1ccc2c(c1)NC(OC(C)CC(C)O)([C@@H](C)CC)c1c(C)cc(C)cc1C/C=C\2. The maximum absolute atomic E-state index is 10.1. The van der Waals surface area contributed by atoms with Gasteiger partial charge in [0.25, 0.3) is 0 Å². The van der Waals surface area contributed by atoms with E-state index >= 15 is 0 Å². The largest absolute Gasteiger partial charge is 0.393 e. The average Bonchev–Trinajstić information content (AvgIpc) is 2.79. The van der Waals surface area contributed by atoms with Crippen LogP contribution in [0.2, 0.25) is 0 Å². The fourth-order valence-corrected chi connectivity index (χ4v) is 5.33. The molecule has 0 bridgehead atoms. The molecule has 0 spiro atoms. The summed E-state index contributed by atoms with van der Waals surface area (Å²) in [5, 5.41) is 14.1. The van der Waals surface area contributed by atoms with Gasteiger partial charge >= 0.3 is 0 Å². The minimum absolute atomic E-state index is 0.101. The summed E-state index contributed by atoms with van der Waals surface area (Å²) in [7, 11) is 0. The molecule has 3 nitrogen and oxygen atoms in total. The number of rotatable bonds is 8. The van der Waals surface area contributed by atoms with Gasteiger partial charge < -0.3 is 15.2 Å². The maximum atomic E-state index is 10.1. The van der Waals surface area contributed by atoms with E-state index in [4.69, 9.17) is 4.74 Å². The van der Waals surface area contributed by atoms with Gasteiger partial charge in [0.05, 0.1) is 12.2 Å². The normalized spacial score (nSPS) is 21.5. The van der Waals surface area contributed by atoms with E-state index < -0.39 is 11.8 Å². The monoisotopic (exact) mass is 449 g/mol. The first-order chi connectivity index (χ1) is 15.7. The number of hydrogen-bond donors (Lipinski definition) is 2. The minimum atomic E-state index is -0.693. The topological polar surface area (TPSA) is 41.5 Å². The minimum Gasteiger partial charge on any atom is -0.393 e. The van der Waals surface area contributed by atoms with Crippen molar-refractivity contribution in [2.45, 2.75) is 98.5 Å². The van der Waals surface area contributed by atoms with Gasteiger partial charge in [0.15, 0.2) is 5.72 Å². The fourth-order valence-electron chi connectivity index (χ4n) is 5.33. The van der Waals surface area contributed by atoms with E-state index in [2.05, 4.69) is 89.3 Å². The second-order valence-electron chi connectivity index (χ2n) is 10.1. The van der Waals surface area contributed by atoms with Crippen LogP contribution in [0.15, 0.2) is 36.4 Å². The Morgan fingerprint density at radius 2 is 1.85 bits per heavy atom. The molecule has 4 atom stereocenters. The molecule has 1 heterocycles. The summed E-state index contributed by atoms with van der Waals surface area (Å²) in [6.07, 6.45) is 8.62. The molecule has 1 aliphatic heterocycles. The van der Waals surface area contributed by atoms with Crippen molar-refractivity contribution in [3.8, 4) is 0 Å². The summed E-state index contributed by atoms with van der Waals surface area (Å²) in [4.78, 5) is 0. The van der Waals surface area contributed by atoms with Gasteiger partial charge in [-0.25, -0.2) is 0 Å². The van der Waals surface area contributed by atoms with E-state index in [-0.39, 0.29) is 12.0 Å². The molecule has 2 aromatic rings. The Balaban J connectivity index is 2.28. The lowest BCUT2D eigenvalue weighted by molar-refractivity contribution is -0.117. The van der Waals surface area contributed by atoms with Gasteiger partial charge in [0.1, 0.15) is 0 Å². The Hall–Kier alpha value is -2.10. The molecule has 3 rings (SSSR count). The van der Waals surface area contributed by atoms with Gasteiger partial charge in [0.2, 0.25) is 0 Å². The zero-order chi connectivity index (χ0) is 24.2. The molecule has 3 unspecified atom stereocenters. The number of hydrogen-bond acceptors (Lipinski definition) is 3. The molecule has 1 aliphatic rings. The highest BCUT2D eigenvalue weighted by Crippen LogP contribution is 2.44. The molecule has 0 radical (unpaired) electrons. The van der Waals surface area contributed by atoms with Crippen LogP contribution in [0.4, 0.5) is 5.69 Å². The summed E-state index contributed by atoms with van der Waals surface area (Å²) < 4.78 is 7.04. The number of fused-ring (bicyclic) bond motifs is 2. The molecule has 3 heteroatoms. The highest BCUT2D eigenvalue weighted by molar-refractivity contribution is 5.70. The Morgan fingerprint density at radius 1 is 1.09 bits per heavy atom. The van der Waals surface area contributed by atoms with Gasteiger partial charge in [0, 0.05) is 17.2 Å². The maximum Gasteiger partial charge on any atom is 0.168 e. The van der Waals surface area contributed by atoms with Crippen LogP contribution in [0.1, 0.15) is 87.3 Å². The number of allylic oxidation sites excluding steroid dienone is 1. The van der Waals surface area contributed by atoms with E-state index in [1.165, 1.54) is 33.4 Å². The first-order valence-corrected chi connectivity index (χ1v) is 12.7. The third-order valence-corrected chi connectivity index (χ3v) is 6.91. The van der Waals surface area contributed by atoms with Crippen LogP contribution >= 0.6 is 0 Å². The van der Waals surface area contributed by atoms with Crippen molar-refractivity contribution in [3.05, 3.63) is 69.8 Å². The third-order valence-electron chi connectivity index (χ3n) is 6.91. The van der Waals surface area contributed by atoms with Crippen molar-refractivity contribution in [2.75, 3.05) is 5.32 Å². The highest BCUT2D eigenvalue weighted by atomic mass is 16.5. The van der Waals surface area contributed by atoms with E-state index in [0.717, 1.165) is 31.4 Å². The van der Waals surface area contributed by atoms with Gasteiger partial charge in [-0.3, -0.25) is 0 Å². The molecule has 2 aromatic carbocycles. The van der Waals surface area contributed by atoms with Gasteiger partial charge in [-0.05, 0) is 81.7 Å². The van der Waals surface area contributed by atoms with Crippen molar-refractivity contribution < 1.29 is 9.84 Å². The van der Waals surface area contributed by atoms with Crippen LogP contribution < -0.4 is 5.32 Å². The summed E-state index contributed by atoms with van der Waals surface area (Å²) >= 11 is 0. The van der Waals surface area contributed by atoms with E-state index in [9.17, 15) is 5.11 Å². The standard InChI is InChI=1S/C30H43NO2/c1-8-11-25-14-15-26-12-10-13-27-17-20(3)16-21(4)29(27)30(22(5)9-2,31-28(26)19-25)33-24(7)18-23(6)32/h10,12,14-17,19,22-24,31-32H,8-9,11,13,18H2,1-7H3/b12-10-/t22-,23?,24?,30?/m0/s1. The van der Waals surface area contributed by atoms with Gasteiger partial charge in [-0.1, -0.05) is 69.2 Å². The molecule has 180 valence electrons. The fraction of sp³-hybridized carbons (Fsp3) is 0.533. The number of aliphatic hydroxyl groups excluding tert-OH is 1. The Bertz CT molecular complexity index is 978. The predicted molar refractivity (Wildman–Crippen MR) is 141 cm³/mol. The molecule has 0 fully saturated rings. The Morgan fingerprint density at radius 3 is 2.52 bits per heavy atom. The lowest BCUT2D eigenvalue weighted by atomic mass is 9.80. The van der Waals surface area contributed by atoms with Crippen LogP contribution in [0, 0.1) is 19.8 Å². The second-order valence-corrected chi connectivity index (χ2v) is 10.1. The smallest absolute Gasteiger partial charge is 0.168 e. The first kappa shape index (κ1) is 25.5. The molecule has 0 amide bonds. The summed E-state index contributed by atoms with van der Waals surface area (Å²) in [5.41, 5.74) is 8.04. The first-order valence-electron chi connectivity index (χ1n) is 12.7. The zero-order valence-corrected chi connectivity index (χ0v) is 21.7. The molecular formula is C30H43NO2. The highest BCUT2D eigenvalue weighted by Gasteiger charge is 2.43. The lowest BCUT2D eigenvalue weighted by Gasteiger charge is -2.45. The Kier molecular flexibility index (Phi) is 8.42. The number of benzene rings is 2. The zero-order valence-electron chi connectivity index (χ0n) is 21.7. The molecule has 33 heavy (non-hydrogen) atoms. The number of anilines is 1. The van der Waals surface area contributed by atoms with E-state index in [1.54, 1.807) is 0 Å². The van der Waals surface area contributed by atoms with Crippen molar-refractivity contribution >= 4 is 11.8 Å². The van der Waals surface area contributed by atoms with Crippen LogP contribution in [0.3, 0.4) is 0 Å². The molecule has 2 N–H and O–H groups in total. The van der Waals surface area contributed by atoms with Crippen molar-refractivity contribution in [3.63, 3.8) is 0 Å². The molecule has 0 saturated heterocycles.